The van der Waals surface area contributed by atoms with E-state index < -0.39 is 10.0 Å². The fraction of sp³-hybridized carbons (Fsp3) is 0.167. The van der Waals surface area contributed by atoms with Crippen LogP contribution in [-0.2, 0) is 10.0 Å². The topological polar surface area (TPSA) is 81.9 Å². The first-order chi connectivity index (χ1) is 11.9. The maximum Gasteiger partial charge on any atom is 0.252 e. The normalized spacial score (nSPS) is 11.6. The highest BCUT2D eigenvalue weighted by Gasteiger charge is 2.22. The van der Waals surface area contributed by atoms with E-state index in [0.29, 0.717) is 4.09 Å². The van der Waals surface area contributed by atoms with E-state index in [1.54, 1.807) is 0 Å². The lowest BCUT2D eigenvalue weighted by Crippen LogP contribution is -2.11. The van der Waals surface area contributed by atoms with Crippen molar-refractivity contribution >= 4 is 15.8 Å². The molecule has 3 aromatic rings. The van der Waals surface area contributed by atoms with Gasteiger partial charge < -0.3 is 0 Å². The smallest absolute Gasteiger partial charge is 0.252 e. The van der Waals surface area contributed by atoms with Crippen LogP contribution >= 0.6 is 0 Å². The summed E-state index contributed by atoms with van der Waals surface area (Å²) in [5.74, 6) is -0.397. The SMILES string of the molecule is CS(=O)(=O)n1cc(C(=O)CC(c2ccccc2)c2ccccc2)nn1. The maximum absolute atomic E-state index is 12.6. The quantitative estimate of drug-likeness (QED) is 0.635. The fourth-order valence-electron chi connectivity index (χ4n) is 2.63. The Morgan fingerprint density at radius 3 is 1.96 bits per heavy atom. The van der Waals surface area contributed by atoms with Crippen LogP contribution in [0.4, 0.5) is 0 Å². The minimum Gasteiger partial charge on any atom is -0.292 e. The summed E-state index contributed by atoms with van der Waals surface area (Å²) in [7, 11) is -3.56. The van der Waals surface area contributed by atoms with Crippen LogP contribution in [0.3, 0.4) is 0 Å². The lowest BCUT2D eigenvalue weighted by molar-refractivity contribution is 0.0972. The summed E-state index contributed by atoms with van der Waals surface area (Å²) in [6.07, 6.45) is 2.34. The molecule has 0 saturated heterocycles. The van der Waals surface area contributed by atoms with Gasteiger partial charge in [-0.05, 0) is 11.1 Å². The van der Waals surface area contributed by atoms with Crippen LogP contribution in [0.1, 0.15) is 34.0 Å². The van der Waals surface area contributed by atoms with E-state index in [4.69, 9.17) is 0 Å². The van der Waals surface area contributed by atoms with Crippen molar-refractivity contribution in [2.24, 2.45) is 0 Å². The average Bonchev–Trinajstić information content (AvgIpc) is 3.12. The first-order valence-electron chi connectivity index (χ1n) is 7.71. The number of hydrogen-bond donors (Lipinski definition) is 0. The molecule has 0 radical (unpaired) electrons. The van der Waals surface area contributed by atoms with Gasteiger partial charge in [0.25, 0.3) is 10.0 Å². The van der Waals surface area contributed by atoms with Crippen LogP contribution in [0, 0.1) is 0 Å². The van der Waals surface area contributed by atoms with Crippen molar-refractivity contribution < 1.29 is 13.2 Å². The number of ketones is 1. The minimum absolute atomic E-state index is 0.0438. The number of hydrogen-bond acceptors (Lipinski definition) is 5. The van der Waals surface area contributed by atoms with Gasteiger partial charge in [-0.3, -0.25) is 4.79 Å². The molecule has 25 heavy (non-hydrogen) atoms. The summed E-state index contributed by atoms with van der Waals surface area (Å²) < 4.78 is 23.7. The molecule has 3 rings (SSSR count). The second kappa shape index (κ2) is 6.98. The Hall–Kier alpha value is -2.80. The molecule has 1 heterocycles. The summed E-state index contributed by atoms with van der Waals surface area (Å²) in [6, 6.07) is 19.4. The average molecular weight is 355 g/mol. The van der Waals surface area contributed by atoms with Crippen molar-refractivity contribution in [2.75, 3.05) is 6.26 Å². The Morgan fingerprint density at radius 2 is 1.52 bits per heavy atom. The molecule has 0 N–H and O–H groups in total. The van der Waals surface area contributed by atoms with E-state index in [1.165, 1.54) is 0 Å². The van der Waals surface area contributed by atoms with Crippen molar-refractivity contribution in [3.63, 3.8) is 0 Å². The van der Waals surface area contributed by atoms with Gasteiger partial charge in [0.1, 0.15) is 5.69 Å². The Kier molecular flexibility index (Phi) is 4.76. The predicted octanol–water partition coefficient (Wildman–Crippen LogP) is 2.49. The summed E-state index contributed by atoms with van der Waals surface area (Å²) >= 11 is 0. The van der Waals surface area contributed by atoms with Crippen LogP contribution in [0.2, 0.25) is 0 Å². The third-order valence-electron chi connectivity index (χ3n) is 3.89. The second-order valence-electron chi connectivity index (χ2n) is 5.74. The van der Waals surface area contributed by atoms with Gasteiger partial charge in [0.15, 0.2) is 5.78 Å². The van der Waals surface area contributed by atoms with Gasteiger partial charge in [0.05, 0.1) is 12.5 Å². The number of rotatable bonds is 6. The van der Waals surface area contributed by atoms with E-state index >= 15 is 0 Å². The molecule has 0 fully saturated rings. The molecule has 7 heteroatoms. The number of nitrogens with zero attached hydrogens (tertiary/aromatic N) is 3. The highest BCUT2D eigenvalue weighted by Crippen LogP contribution is 2.29. The van der Waals surface area contributed by atoms with E-state index in [0.717, 1.165) is 23.6 Å². The molecule has 0 aliphatic carbocycles. The highest BCUT2D eigenvalue weighted by atomic mass is 32.2. The third kappa shape index (κ3) is 4.00. The molecule has 1 aromatic heterocycles. The van der Waals surface area contributed by atoms with Crippen LogP contribution in [0.25, 0.3) is 0 Å². The number of Topliss-reactive ketones (excluding diaryl/α,β-unsaturated/α-hetero) is 1. The Balaban J connectivity index is 1.90. The molecule has 0 unspecified atom stereocenters. The Bertz CT molecular complexity index is 928. The maximum atomic E-state index is 12.6. The van der Waals surface area contributed by atoms with Gasteiger partial charge in [0, 0.05) is 12.3 Å². The van der Waals surface area contributed by atoms with Crippen LogP contribution in [-0.4, -0.2) is 34.9 Å². The van der Waals surface area contributed by atoms with Crippen molar-refractivity contribution in [3.05, 3.63) is 83.7 Å². The first-order valence-corrected chi connectivity index (χ1v) is 9.56. The van der Waals surface area contributed by atoms with Crippen LogP contribution < -0.4 is 0 Å². The molecule has 0 saturated carbocycles. The zero-order valence-electron chi connectivity index (χ0n) is 13.6. The molecule has 0 atom stereocenters. The third-order valence-corrected chi connectivity index (χ3v) is 4.75. The van der Waals surface area contributed by atoms with Crippen molar-refractivity contribution in [2.45, 2.75) is 12.3 Å². The zero-order chi connectivity index (χ0) is 17.9. The monoisotopic (exact) mass is 355 g/mol. The predicted molar refractivity (Wildman–Crippen MR) is 93.9 cm³/mol. The Labute approximate surface area is 146 Å². The fourth-order valence-corrected chi connectivity index (χ4v) is 3.09. The first kappa shape index (κ1) is 17.0. The molecule has 0 aliphatic rings. The number of benzene rings is 2. The zero-order valence-corrected chi connectivity index (χ0v) is 14.4. The van der Waals surface area contributed by atoms with E-state index in [9.17, 15) is 13.2 Å². The molecule has 0 bridgehead atoms. The van der Waals surface area contributed by atoms with E-state index in [1.807, 2.05) is 60.7 Å². The molecule has 0 aliphatic heterocycles. The largest absolute Gasteiger partial charge is 0.292 e. The van der Waals surface area contributed by atoms with Gasteiger partial charge in [-0.2, -0.15) is 0 Å². The molecular formula is C18H17N3O3S. The second-order valence-corrected chi connectivity index (χ2v) is 7.58. The Morgan fingerprint density at radius 1 is 1.00 bits per heavy atom. The lowest BCUT2D eigenvalue weighted by atomic mass is 9.87. The van der Waals surface area contributed by atoms with Crippen LogP contribution in [0.5, 0.6) is 0 Å². The van der Waals surface area contributed by atoms with Gasteiger partial charge >= 0.3 is 0 Å². The number of carbonyl (C=O) groups excluding carboxylic acids is 1. The number of aromatic nitrogens is 3. The lowest BCUT2D eigenvalue weighted by Gasteiger charge is -2.16. The molecule has 128 valence electrons. The molecule has 2 aromatic carbocycles. The summed E-state index contributed by atoms with van der Waals surface area (Å²) in [4.78, 5) is 12.6. The van der Waals surface area contributed by atoms with Gasteiger partial charge in [-0.15, -0.1) is 9.19 Å². The standard InChI is InChI=1S/C18H17N3O3S/c1-25(23,24)21-13-17(19-20-21)18(22)12-16(14-8-4-2-5-9-14)15-10-6-3-7-11-15/h2-11,13,16H,12H2,1H3. The molecule has 0 amide bonds. The molecular weight excluding hydrogens is 338 g/mol. The van der Waals surface area contributed by atoms with E-state index in [2.05, 4.69) is 10.3 Å². The summed E-state index contributed by atoms with van der Waals surface area (Å²) in [6.45, 7) is 0. The van der Waals surface area contributed by atoms with Crippen LogP contribution in [0.15, 0.2) is 66.9 Å². The summed E-state index contributed by atoms with van der Waals surface area (Å²) in [5.41, 5.74) is 2.07. The van der Waals surface area contributed by atoms with Gasteiger partial charge in [-0.25, -0.2) is 8.42 Å². The minimum atomic E-state index is -3.56. The van der Waals surface area contributed by atoms with Gasteiger partial charge in [0.2, 0.25) is 0 Å². The van der Waals surface area contributed by atoms with Crippen molar-refractivity contribution in [3.8, 4) is 0 Å². The molecule has 0 spiro atoms. The summed E-state index contributed by atoms with van der Waals surface area (Å²) in [5, 5.41) is 7.23. The number of carbonyl (C=O) groups is 1. The highest BCUT2D eigenvalue weighted by molar-refractivity contribution is 7.89. The van der Waals surface area contributed by atoms with Gasteiger partial charge in [-0.1, -0.05) is 65.9 Å². The molecule has 6 nitrogen and oxygen atoms in total. The van der Waals surface area contributed by atoms with Crippen molar-refractivity contribution in [1.29, 1.82) is 0 Å². The van der Waals surface area contributed by atoms with Crippen molar-refractivity contribution in [1.82, 2.24) is 14.4 Å². The van der Waals surface area contributed by atoms with E-state index in [-0.39, 0.29) is 23.8 Å².